The Labute approximate surface area is 185 Å². The number of anilines is 1. The molecule has 0 aliphatic carbocycles. The van der Waals surface area contributed by atoms with Crippen LogP contribution in [0.25, 0.3) is 22.0 Å². The third-order valence-corrected chi connectivity index (χ3v) is 4.57. The number of fused-ring (bicyclic) bond motifs is 1. The zero-order chi connectivity index (χ0) is 18.1. The van der Waals surface area contributed by atoms with Gasteiger partial charge in [0.25, 0.3) is 0 Å². The van der Waals surface area contributed by atoms with Crippen LogP contribution in [0.15, 0.2) is 48.8 Å². The van der Waals surface area contributed by atoms with Crippen molar-refractivity contribution in [3.63, 3.8) is 0 Å². The lowest BCUT2D eigenvalue weighted by atomic mass is 9.99. The molecule has 0 unspecified atom stereocenters. The first-order chi connectivity index (χ1) is 12.5. The second kappa shape index (κ2) is 10.3. The van der Waals surface area contributed by atoms with Crippen molar-refractivity contribution in [2.24, 2.45) is 0 Å². The summed E-state index contributed by atoms with van der Waals surface area (Å²) in [6, 6.07) is 9.67. The second-order valence-corrected chi connectivity index (χ2v) is 6.20. The van der Waals surface area contributed by atoms with E-state index in [2.05, 4.69) is 20.2 Å². The fraction of sp³-hybridized carbons (Fsp3) is 0.263. The number of pyridine rings is 2. The van der Waals surface area contributed by atoms with Crippen molar-refractivity contribution in [1.82, 2.24) is 15.3 Å². The number of hydrogen-bond acceptors (Lipinski definition) is 4. The number of rotatable bonds is 2. The topological polar surface area (TPSA) is 41.1 Å². The molecule has 0 amide bonds. The molecule has 0 atom stereocenters. The van der Waals surface area contributed by atoms with E-state index in [0.717, 1.165) is 49.2 Å². The Balaban J connectivity index is 0.00000140. The monoisotopic (exact) mass is 466 g/mol. The highest BCUT2D eigenvalue weighted by molar-refractivity contribution is 5.96. The van der Waals surface area contributed by atoms with Crippen molar-refractivity contribution >= 4 is 53.9 Å². The Morgan fingerprint density at radius 1 is 0.897 bits per heavy atom. The summed E-state index contributed by atoms with van der Waals surface area (Å²) in [6.45, 7) is 3.48. The van der Waals surface area contributed by atoms with Gasteiger partial charge in [-0.05, 0) is 35.4 Å². The summed E-state index contributed by atoms with van der Waals surface area (Å²) in [7, 11) is 0. The van der Waals surface area contributed by atoms with Crippen LogP contribution >= 0.6 is 37.2 Å². The summed E-state index contributed by atoms with van der Waals surface area (Å²) in [6.07, 6.45) is -1.31. The SMILES string of the molecule is Cl.Cl.Cl.FC(F)(F)c1cccc2c(-c3ccnc(N4CCNCC4)c3)ccnc12. The normalized spacial score (nSPS) is 13.8. The number of nitrogens with zero attached hydrogens (tertiary/aromatic N) is 3. The maximum atomic E-state index is 13.3. The van der Waals surface area contributed by atoms with Crippen LogP contribution in [-0.2, 0) is 6.18 Å². The standard InChI is InChI=1S/C19H17F3N4.3ClH/c20-19(21,22)16-3-1-2-15-14(5-7-25-18(15)16)13-4-6-24-17(12-13)26-10-8-23-9-11-26;;;/h1-7,12,23H,8-11H2;3*1H. The van der Waals surface area contributed by atoms with Crippen molar-refractivity contribution in [3.8, 4) is 11.1 Å². The Morgan fingerprint density at radius 2 is 1.59 bits per heavy atom. The predicted octanol–water partition coefficient (Wildman–Crippen LogP) is 4.99. The molecule has 0 radical (unpaired) electrons. The van der Waals surface area contributed by atoms with E-state index in [0.29, 0.717) is 5.39 Å². The van der Waals surface area contributed by atoms with Crippen molar-refractivity contribution in [1.29, 1.82) is 0 Å². The van der Waals surface area contributed by atoms with Gasteiger partial charge in [-0.25, -0.2) is 4.98 Å². The van der Waals surface area contributed by atoms with Gasteiger partial charge in [-0.2, -0.15) is 13.2 Å². The van der Waals surface area contributed by atoms with Gasteiger partial charge in [-0.15, -0.1) is 37.2 Å². The van der Waals surface area contributed by atoms with Crippen LogP contribution in [0.5, 0.6) is 0 Å². The molecular weight excluding hydrogens is 448 g/mol. The summed E-state index contributed by atoms with van der Waals surface area (Å²) in [4.78, 5) is 10.6. The fourth-order valence-electron chi connectivity index (χ4n) is 3.31. The van der Waals surface area contributed by atoms with Crippen LogP contribution < -0.4 is 10.2 Å². The smallest absolute Gasteiger partial charge is 0.354 e. The van der Waals surface area contributed by atoms with E-state index < -0.39 is 11.7 Å². The summed E-state index contributed by atoms with van der Waals surface area (Å²) >= 11 is 0. The molecule has 158 valence electrons. The molecule has 4 rings (SSSR count). The Bertz CT molecular complexity index is 947. The van der Waals surface area contributed by atoms with Crippen LogP contribution in [0.3, 0.4) is 0 Å². The third-order valence-electron chi connectivity index (χ3n) is 4.57. The van der Waals surface area contributed by atoms with Gasteiger partial charge >= 0.3 is 6.18 Å². The minimum atomic E-state index is -4.44. The zero-order valence-electron chi connectivity index (χ0n) is 15.1. The lowest BCUT2D eigenvalue weighted by Gasteiger charge is -2.28. The van der Waals surface area contributed by atoms with Gasteiger partial charge in [-0.1, -0.05) is 12.1 Å². The molecule has 3 heterocycles. The van der Waals surface area contributed by atoms with E-state index in [1.807, 2.05) is 12.1 Å². The Morgan fingerprint density at radius 3 is 2.28 bits per heavy atom. The van der Waals surface area contributed by atoms with Gasteiger partial charge in [0.15, 0.2) is 0 Å². The number of alkyl halides is 3. The molecule has 0 spiro atoms. The lowest BCUT2D eigenvalue weighted by molar-refractivity contribution is -0.136. The van der Waals surface area contributed by atoms with E-state index in [1.54, 1.807) is 18.3 Å². The average Bonchev–Trinajstić information content (AvgIpc) is 2.67. The van der Waals surface area contributed by atoms with E-state index in [-0.39, 0.29) is 42.7 Å². The van der Waals surface area contributed by atoms with Gasteiger partial charge in [0.05, 0.1) is 11.1 Å². The Hall–Kier alpha value is -1.80. The summed E-state index contributed by atoms with van der Waals surface area (Å²) < 4.78 is 39.9. The van der Waals surface area contributed by atoms with Crippen molar-refractivity contribution < 1.29 is 13.2 Å². The number of benzene rings is 1. The molecule has 29 heavy (non-hydrogen) atoms. The molecule has 10 heteroatoms. The largest absolute Gasteiger partial charge is 0.418 e. The summed E-state index contributed by atoms with van der Waals surface area (Å²) in [5, 5.41) is 3.78. The quantitative estimate of drug-likeness (QED) is 0.576. The molecule has 1 N–H and O–H groups in total. The predicted molar refractivity (Wildman–Crippen MR) is 117 cm³/mol. The van der Waals surface area contributed by atoms with E-state index >= 15 is 0 Å². The molecule has 1 aliphatic rings. The van der Waals surface area contributed by atoms with Gasteiger partial charge in [0, 0.05) is 44.0 Å². The highest BCUT2D eigenvalue weighted by Gasteiger charge is 2.33. The van der Waals surface area contributed by atoms with Crippen molar-refractivity contribution in [3.05, 3.63) is 54.4 Å². The molecular formula is C19H20Cl3F3N4. The Kier molecular flexibility index (Phi) is 8.96. The molecule has 0 saturated carbocycles. The van der Waals surface area contributed by atoms with Crippen LogP contribution in [0.4, 0.5) is 19.0 Å². The van der Waals surface area contributed by atoms with Crippen molar-refractivity contribution in [2.45, 2.75) is 6.18 Å². The second-order valence-electron chi connectivity index (χ2n) is 6.20. The van der Waals surface area contributed by atoms with E-state index in [4.69, 9.17) is 0 Å². The molecule has 2 aromatic heterocycles. The van der Waals surface area contributed by atoms with Crippen LogP contribution in [0.1, 0.15) is 5.56 Å². The van der Waals surface area contributed by atoms with Crippen LogP contribution in [0.2, 0.25) is 0 Å². The first-order valence-corrected chi connectivity index (χ1v) is 8.41. The average molecular weight is 468 g/mol. The van der Waals surface area contributed by atoms with Gasteiger partial charge < -0.3 is 10.2 Å². The lowest BCUT2D eigenvalue weighted by Crippen LogP contribution is -2.43. The van der Waals surface area contributed by atoms with E-state index in [1.165, 1.54) is 12.3 Å². The van der Waals surface area contributed by atoms with E-state index in [9.17, 15) is 13.2 Å². The van der Waals surface area contributed by atoms with Gasteiger partial charge in [0.1, 0.15) is 5.82 Å². The minimum absolute atomic E-state index is 0. The highest BCUT2D eigenvalue weighted by Crippen LogP contribution is 2.37. The molecule has 0 bridgehead atoms. The molecule has 1 aromatic carbocycles. The maximum absolute atomic E-state index is 13.3. The van der Waals surface area contributed by atoms with Crippen molar-refractivity contribution in [2.75, 3.05) is 31.1 Å². The molecule has 1 saturated heterocycles. The van der Waals surface area contributed by atoms with Gasteiger partial charge in [-0.3, -0.25) is 4.98 Å². The summed E-state index contributed by atoms with van der Waals surface area (Å²) in [5.41, 5.74) is 0.811. The van der Waals surface area contributed by atoms with Crippen LogP contribution in [0, 0.1) is 0 Å². The zero-order valence-corrected chi connectivity index (χ0v) is 17.6. The first-order valence-electron chi connectivity index (χ1n) is 8.41. The molecule has 3 aromatic rings. The number of hydrogen-bond donors (Lipinski definition) is 1. The number of nitrogens with one attached hydrogen (secondary N) is 1. The molecule has 4 nitrogen and oxygen atoms in total. The number of para-hydroxylation sites is 1. The van der Waals surface area contributed by atoms with Gasteiger partial charge in [0.2, 0.25) is 0 Å². The first kappa shape index (κ1) is 25.2. The number of halogens is 6. The molecule has 1 aliphatic heterocycles. The third kappa shape index (κ3) is 5.22. The fourth-order valence-corrected chi connectivity index (χ4v) is 3.31. The minimum Gasteiger partial charge on any atom is -0.354 e. The van der Waals surface area contributed by atoms with Crippen LogP contribution in [-0.4, -0.2) is 36.1 Å². The highest BCUT2D eigenvalue weighted by atomic mass is 35.5. The number of aromatic nitrogens is 2. The molecule has 1 fully saturated rings. The maximum Gasteiger partial charge on any atom is 0.418 e. The number of piperazine rings is 1. The summed E-state index contributed by atoms with van der Waals surface area (Å²) in [5.74, 6) is 0.834.